The molecule has 0 bridgehead atoms. The van der Waals surface area contributed by atoms with Crippen LogP contribution in [-0.4, -0.2) is 15.7 Å². The van der Waals surface area contributed by atoms with Crippen LogP contribution in [0.15, 0.2) is 28.8 Å². The van der Waals surface area contributed by atoms with Crippen molar-refractivity contribution in [2.24, 2.45) is 5.73 Å². The van der Waals surface area contributed by atoms with Crippen LogP contribution in [0, 0.1) is 5.82 Å². The third kappa shape index (κ3) is 3.10. The lowest BCUT2D eigenvalue weighted by Crippen LogP contribution is -2.34. The van der Waals surface area contributed by atoms with E-state index in [0.29, 0.717) is 23.7 Å². The molecule has 0 amide bonds. The molecule has 17 heavy (non-hydrogen) atoms. The van der Waals surface area contributed by atoms with Gasteiger partial charge in [-0.3, -0.25) is 0 Å². The molecule has 1 aromatic carbocycles. The Morgan fingerprint density at radius 1 is 1.41 bits per heavy atom. The minimum Gasteiger partial charge on any atom is -0.339 e. The van der Waals surface area contributed by atoms with Gasteiger partial charge in [0.05, 0.1) is 0 Å². The van der Waals surface area contributed by atoms with E-state index in [2.05, 4.69) is 10.1 Å². The van der Waals surface area contributed by atoms with E-state index >= 15 is 0 Å². The molecular weight excluding hydrogens is 221 g/mol. The predicted molar refractivity (Wildman–Crippen MR) is 61.7 cm³/mol. The lowest BCUT2D eigenvalue weighted by molar-refractivity contribution is 0.348. The smallest absolute Gasteiger partial charge is 0.228 e. The monoisotopic (exact) mass is 235 g/mol. The number of halogens is 1. The van der Waals surface area contributed by atoms with E-state index < -0.39 is 5.54 Å². The van der Waals surface area contributed by atoms with Gasteiger partial charge in [0.25, 0.3) is 0 Å². The molecule has 0 aliphatic carbocycles. The summed E-state index contributed by atoms with van der Waals surface area (Å²) in [5.74, 6) is 0.508. The molecule has 0 aliphatic rings. The van der Waals surface area contributed by atoms with Crippen molar-refractivity contribution in [1.29, 1.82) is 0 Å². The number of aromatic nitrogens is 2. The lowest BCUT2D eigenvalue weighted by Gasteiger charge is -2.14. The van der Waals surface area contributed by atoms with Crippen molar-refractivity contribution >= 4 is 0 Å². The SMILES string of the molecule is CC(C)(N)Cc1nc(-c2cccc(F)c2)no1. The van der Waals surface area contributed by atoms with Crippen LogP contribution >= 0.6 is 0 Å². The second kappa shape index (κ2) is 4.25. The summed E-state index contributed by atoms with van der Waals surface area (Å²) < 4.78 is 18.1. The molecule has 0 fully saturated rings. The molecule has 90 valence electrons. The van der Waals surface area contributed by atoms with E-state index in [9.17, 15) is 4.39 Å². The number of hydrogen-bond donors (Lipinski definition) is 1. The lowest BCUT2D eigenvalue weighted by atomic mass is 10.0. The fraction of sp³-hybridized carbons (Fsp3) is 0.333. The van der Waals surface area contributed by atoms with Gasteiger partial charge < -0.3 is 10.3 Å². The Kier molecular flexibility index (Phi) is 2.93. The molecule has 0 spiro atoms. The molecule has 0 unspecified atom stereocenters. The van der Waals surface area contributed by atoms with Gasteiger partial charge in [0.2, 0.25) is 11.7 Å². The zero-order valence-corrected chi connectivity index (χ0v) is 9.77. The van der Waals surface area contributed by atoms with Crippen LogP contribution in [0.5, 0.6) is 0 Å². The Labute approximate surface area is 98.6 Å². The van der Waals surface area contributed by atoms with Crippen molar-refractivity contribution in [2.75, 3.05) is 0 Å². The highest BCUT2D eigenvalue weighted by Crippen LogP contribution is 2.18. The van der Waals surface area contributed by atoms with Crippen LogP contribution in [0.1, 0.15) is 19.7 Å². The first kappa shape index (κ1) is 11.7. The summed E-state index contributed by atoms with van der Waals surface area (Å²) in [7, 11) is 0. The van der Waals surface area contributed by atoms with Gasteiger partial charge in [0.1, 0.15) is 5.82 Å². The predicted octanol–water partition coefficient (Wildman–Crippen LogP) is 2.16. The van der Waals surface area contributed by atoms with Crippen LogP contribution in [-0.2, 0) is 6.42 Å². The molecule has 0 aliphatic heterocycles. The van der Waals surface area contributed by atoms with Crippen LogP contribution in [0.25, 0.3) is 11.4 Å². The number of benzene rings is 1. The summed E-state index contributed by atoms with van der Waals surface area (Å²) in [6.45, 7) is 3.75. The highest BCUT2D eigenvalue weighted by atomic mass is 19.1. The van der Waals surface area contributed by atoms with Crippen molar-refractivity contribution in [2.45, 2.75) is 25.8 Å². The van der Waals surface area contributed by atoms with Crippen molar-refractivity contribution in [1.82, 2.24) is 10.1 Å². The van der Waals surface area contributed by atoms with Crippen molar-refractivity contribution in [3.63, 3.8) is 0 Å². The highest BCUT2D eigenvalue weighted by molar-refractivity contribution is 5.53. The molecular formula is C12H14FN3O. The summed E-state index contributed by atoms with van der Waals surface area (Å²) in [5, 5.41) is 3.80. The molecule has 0 radical (unpaired) electrons. The van der Waals surface area contributed by atoms with Crippen molar-refractivity contribution in [3.05, 3.63) is 36.0 Å². The van der Waals surface area contributed by atoms with Gasteiger partial charge in [-0.1, -0.05) is 17.3 Å². The van der Waals surface area contributed by atoms with Crippen LogP contribution < -0.4 is 5.73 Å². The van der Waals surface area contributed by atoms with Gasteiger partial charge in [0, 0.05) is 17.5 Å². The molecule has 0 saturated carbocycles. The maximum absolute atomic E-state index is 13.0. The minimum atomic E-state index is -0.411. The molecule has 1 aromatic heterocycles. The maximum atomic E-state index is 13.0. The van der Waals surface area contributed by atoms with E-state index in [1.807, 2.05) is 13.8 Å². The van der Waals surface area contributed by atoms with E-state index in [4.69, 9.17) is 10.3 Å². The van der Waals surface area contributed by atoms with Crippen LogP contribution in [0.2, 0.25) is 0 Å². The van der Waals surface area contributed by atoms with Gasteiger partial charge >= 0.3 is 0 Å². The third-order valence-corrected chi connectivity index (χ3v) is 2.16. The summed E-state index contributed by atoms with van der Waals surface area (Å²) >= 11 is 0. The largest absolute Gasteiger partial charge is 0.339 e. The second-order valence-corrected chi connectivity index (χ2v) is 4.69. The Balaban J connectivity index is 2.24. The Hall–Kier alpha value is -1.75. The first-order valence-corrected chi connectivity index (χ1v) is 5.31. The van der Waals surface area contributed by atoms with Gasteiger partial charge in [-0.15, -0.1) is 0 Å². The Morgan fingerprint density at radius 2 is 2.18 bits per heavy atom. The molecule has 2 aromatic rings. The van der Waals surface area contributed by atoms with Crippen molar-refractivity contribution in [3.8, 4) is 11.4 Å². The molecule has 1 heterocycles. The average Bonchev–Trinajstić information content (AvgIpc) is 2.63. The molecule has 2 rings (SSSR count). The number of nitrogens with zero attached hydrogens (tertiary/aromatic N) is 2. The molecule has 2 N–H and O–H groups in total. The van der Waals surface area contributed by atoms with Gasteiger partial charge in [-0.25, -0.2) is 4.39 Å². The fourth-order valence-electron chi connectivity index (χ4n) is 1.46. The molecule has 0 atom stereocenters. The normalized spacial score (nSPS) is 11.8. The first-order valence-electron chi connectivity index (χ1n) is 5.31. The van der Waals surface area contributed by atoms with Gasteiger partial charge in [-0.05, 0) is 26.0 Å². The summed E-state index contributed by atoms with van der Waals surface area (Å²) in [5.41, 5.74) is 6.03. The van der Waals surface area contributed by atoms with E-state index in [1.165, 1.54) is 12.1 Å². The Bertz CT molecular complexity index is 516. The first-order chi connectivity index (χ1) is 7.94. The van der Waals surface area contributed by atoms with E-state index in [-0.39, 0.29) is 5.82 Å². The molecule has 0 saturated heterocycles. The van der Waals surface area contributed by atoms with Crippen molar-refractivity contribution < 1.29 is 8.91 Å². The zero-order valence-electron chi connectivity index (χ0n) is 9.77. The standard InChI is InChI=1S/C12H14FN3O/c1-12(2,14)7-10-15-11(16-17-10)8-4-3-5-9(13)6-8/h3-6H,7,14H2,1-2H3. The minimum absolute atomic E-state index is 0.326. The number of hydrogen-bond acceptors (Lipinski definition) is 4. The third-order valence-electron chi connectivity index (χ3n) is 2.16. The number of nitrogens with two attached hydrogens (primary N) is 1. The fourth-order valence-corrected chi connectivity index (χ4v) is 1.46. The maximum Gasteiger partial charge on any atom is 0.228 e. The van der Waals surface area contributed by atoms with Gasteiger partial charge in [-0.2, -0.15) is 4.98 Å². The van der Waals surface area contributed by atoms with Crippen LogP contribution in [0.4, 0.5) is 4.39 Å². The Morgan fingerprint density at radius 3 is 2.82 bits per heavy atom. The van der Waals surface area contributed by atoms with Crippen LogP contribution in [0.3, 0.4) is 0 Å². The summed E-state index contributed by atoms with van der Waals surface area (Å²) in [6, 6.07) is 6.06. The quantitative estimate of drug-likeness (QED) is 0.885. The highest BCUT2D eigenvalue weighted by Gasteiger charge is 2.17. The summed E-state index contributed by atoms with van der Waals surface area (Å²) in [6.07, 6.45) is 0.481. The molecule has 4 nitrogen and oxygen atoms in total. The summed E-state index contributed by atoms with van der Waals surface area (Å²) in [4.78, 5) is 4.18. The second-order valence-electron chi connectivity index (χ2n) is 4.69. The molecule has 5 heteroatoms. The van der Waals surface area contributed by atoms with Gasteiger partial charge in [0.15, 0.2) is 0 Å². The topological polar surface area (TPSA) is 64.9 Å². The number of rotatable bonds is 3. The zero-order chi connectivity index (χ0) is 12.5. The van der Waals surface area contributed by atoms with E-state index in [0.717, 1.165) is 0 Å². The van der Waals surface area contributed by atoms with E-state index in [1.54, 1.807) is 12.1 Å². The average molecular weight is 235 g/mol.